The molecule has 0 N–H and O–H groups in total. The normalized spacial score (nSPS) is 21.9. The van der Waals surface area contributed by atoms with Gasteiger partial charge in [-0.3, -0.25) is 4.79 Å². The van der Waals surface area contributed by atoms with Gasteiger partial charge >= 0.3 is 5.97 Å². The predicted molar refractivity (Wildman–Crippen MR) is 130 cm³/mol. The number of carbonyl (C=O) groups excluding carboxylic acids is 2. The van der Waals surface area contributed by atoms with E-state index in [-0.39, 0.29) is 11.3 Å². The van der Waals surface area contributed by atoms with Crippen LogP contribution in [0.1, 0.15) is 45.7 Å². The summed E-state index contributed by atoms with van der Waals surface area (Å²) in [5, 5.41) is 0.797. The van der Waals surface area contributed by atoms with Crippen LogP contribution in [0, 0.1) is 11.3 Å². The fourth-order valence-corrected chi connectivity index (χ4v) is 6.77. The van der Waals surface area contributed by atoms with Crippen molar-refractivity contribution in [2.75, 3.05) is 7.11 Å². The number of aromatic nitrogens is 1. The minimum atomic E-state index is -1.12. The maximum absolute atomic E-state index is 13.8. The number of hydrogen-bond acceptors (Lipinski definition) is 6. The second kappa shape index (κ2) is 8.72. The summed E-state index contributed by atoms with van der Waals surface area (Å²) >= 11 is 1.55. The molecule has 1 saturated heterocycles. The topological polar surface area (TPSA) is 68.7 Å². The van der Waals surface area contributed by atoms with Crippen LogP contribution < -0.4 is 0 Å². The summed E-state index contributed by atoms with van der Waals surface area (Å²) < 4.78 is 12.6. The highest BCUT2D eigenvalue weighted by Gasteiger charge is 2.64. The van der Waals surface area contributed by atoms with Crippen molar-refractivity contribution >= 4 is 42.5 Å². The van der Waals surface area contributed by atoms with Gasteiger partial charge in [-0.2, -0.15) is 0 Å². The Morgan fingerprint density at radius 3 is 2.38 bits per heavy atom. The smallest absolute Gasteiger partial charge is 0.332 e. The third-order valence-corrected chi connectivity index (χ3v) is 8.31. The minimum absolute atomic E-state index is 0.131. The summed E-state index contributed by atoms with van der Waals surface area (Å²) in [4.78, 5) is 32.9. The van der Waals surface area contributed by atoms with Crippen molar-refractivity contribution in [3.8, 4) is 0 Å². The highest BCUT2D eigenvalue weighted by atomic mass is 32.1. The van der Waals surface area contributed by atoms with Gasteiger partial charge in [-0.15, -0.1) is 11.3 Å². The number of likely N-dealkylation sites (tertiary alicyclic amines) is 1. The van der Waals surface area contributed by atoms with Gasteiger partial charge in [0.1, 0.15) is 5.01 Å². The van der Waals surface area contributed by atoms with Gasteiger partial charge in [-0.25, -0.2) is 9.78 Å². The van der Waals surface area contributed by atoms with Gasteiger partial charge in [0.2, 0.25) is 14.9 Å². The number of carbonyl (C=O) groups is 2. The van der Waals surface area contributed by atoms with E-state index in [0.717, 1.165) is 15.2 Å². The Hall–Kier alpha value is -2.03. The fourth-order valence-electron chi connectivity index (χ4n) is 4.38. The van der Waals surface area contributed by atoms with Crippen LogP contribution in [0.25, 0.3) is 10.2 Å². The molecular formula is C24H33N2O4SSi. The van der Waals surface area contributed by atoms with Gasteiger partial charge < -0.3 is 14.1 Å². The zero-order valence-corrected chi connectivity index (χ0v) is 22.0. The molecule has 6 nitrogen and oxygen atoms in total. The van der Waals surface area contributed by atoms with E-state index >= 15 is 0 Å². The summed E-state index contributed by atoms with van der Waals surface area (Å²) in [7, 11) is 0.214. The van der Waals surface area contributed by atoms with Gasteiger partial charge in [-0.05, 0) is 50.1 Å². The molecule has 0 bridgehead atoms. The molecular weight excluding hydrogens is 440 g/mol. The first-order valence-corrected chi connectivity index (χ1v) is 14.0. The quantitative estimate of drug-likeness (QED) is 0.245. The molecule has 0 aliphatic carbocycles. The second-order valence-corrected chi connectivity index (χ2v) is 12.9. The first-order chi connectivity index (χ1) is 14.8. The maximum atomic E-state index is 13.8. The van der Waals surface area contributed by atoms with E-state index in [1.807, 2.05) is 31.2 Å². The molecule has 2 aromatic rings. The van der Waals surface area contributed by atoms with Crippen molar-refractivity contribution < 1.29 is 18.8 Å². The predicted octanol–water partition coefficient (Wildman–Crippen LogP) is 4.99. The third kappa shape index (κ3) is 4.04. The standard InChI is InChI=1S/C24H33N2O4SSi/c1-14(2)18(22(28)29-7)26-19(20-25-15-12-10-11-13-16(15)31-20)17(21(26)27)24(6,23(3,4)5)30-32(8)9/h10-13,17-19H,1H2,2-9H3/t17?,18?,19?,24-/m0/s1. The first kappa shape index (κ1) is 24.6. The second-order valence-electron chi connectivity index (χ2n) is 9.83. The molecule has 1 aromatic heterocycles. The van der Waals surface area contributed by atoms with Gasteiger partial charge in [0.25, 0.3) is 0 Å². The molecule has 3 rings (SSSR count). The molecule has 1 aliphatic heterocycles. The van der Waals surface area contributed by atoms with E-state index in [4.69, 9.17) is 14.1 Å². The largest absolute Gasteiger partial charge is 0.467 e. The lowest BCUT2D eigenvalue weighted by Gasteiger charge is -2.59. The van der Waals surface area contributed by atoms with Crippen molar-refractivity contribution in [3.63, 3.8) is 0 Å². The van der Waals surface area contributed by atoms with Gasteiger partial charge in [0.05, 0.1) is 34.9 Å². The van der Waals surface area contributed by atoms with Crippen LogP contribution in [-0.4, -0.2) is 49.6 Å². The summed E-state index contributed by atoms with van der Waals surface area (Å²) in [5.41, 5.74) is 0.380. The monoisotopic (exact) mass is 473 g/mol. The van der Waals surface area contributed by atoms with Crippen LogP contribution in [-0.2, 0) is 18.8 Å². The summed E-state index contributed by atoms with van der Waals surface area (Å²) in [5.74, 6) is -1.10. The Morgan fingerprint density at radius 1 is 1.25 bits per heavy atom. The molecule has 32 heavy (non-hydrogen) atoms. The van der Waals surface area contributed by atoms with E-state index in [1.165, 1.54) is 7.11 Å². The summed E-state index contributed by atoms with van der Waals surface area (Å²) in [6.45, 7) is 18.2. The van der Waals surface area contributed by atoms with Crippen molar-refractivity contribution in [1.29, 1.82) is 0 Å². The number of ether oxygens (including phenoxy) is 1. The number of amides is 1. The first-order valence-electron chi connectivity index (χ1n) is 10.7. The zero-order valence-electron chi connectivity index (χ0n) is 20.2. The Labute approximate surface area is 196 Å². The highest BCUT2D eigenvalue weighted by Crippen LogP contribution is 2.55. The number of hydrogen-bond donors (Lipinski definition) is 0. The van der Waals surface area contributed by atoms with Crippen molar-refractivity contribution in [3.05, 3.63) is 41.4 Å². The Balaban J connectivity index is 2.19. The SMILES string of the molecule is C=C(C)C(C(=O)OC)N1C(=O)C([C@](C)(O[Si](C)C)C(C)(C)C)C1c1nc2ccccc2s1. The molecule has 4 atom stereocenters. The van der Waals surface area contributed by atoms with E-state index in [0.29, 0.717) is 5.57 Å². The maximum Gasteiger partial charge on any atom is 0.332 e. The molecule has 0 spiro atoms. The number of fused-ring (bicyclic) bond motifs is 1. The molecule has 8 heteroatoms. The van der Waals surface area contributed by atoms with Crippen LogP contribution in [0.15, 0.2) is 36.4 Å². The lowest BCUT2D eigenvalue weighted by atomic mass is 9.63. The lowest BCUT2D eigenvalue weighted by molar-refractivity contribution is -0.194. The number of benzene rings is 1. The van der Waals surface area contributed by atoms with Gasteiger partial charge in [0.15, 0.2) is 6.04 Å². The minimum Gasteiger partial charge on any atom is -0.467 e. The fraction of sp³-hybridized carbons (Fsp3) is 0.542. The number of rotatable bonds is 7. The van der Waals surface area contributed by atoms with Crippen LogP contribution >= 0.6 is 11.3 Å². The van der Waals surface area contributed by atoms with Crippen molar-refractivity contribution in [2.24, 2.45) is 11.3 Å². The molecule has 1 fully saturated rings. The van der Waals surface area contributed by atoms with Crippen LogP contribution in [0.5, 0.6) is 0 Å². The lowest BCUT2D eigenvalue weighted by Crippen LogP contribution is -2.70. The zero-order chi connectivity index (χ0) is 24.0. The average Bonchev–Trinajstić information content (AvgIpc) is 3.10. The molecule has 1 aromatic carbocycles. The van der Waals surface area contributed by atoms with Gasteiger partial charge in [-0.1, -0.05) is 39.5 Å². The van der Waals surface area contributed by atoms with E-state index in [9.17, 15) is 9.59 Å². The Bertz CT molecular complexity index is 1010. The Kier molecular flexibility index (Phi) is 6.71. The van der Waals surface area contributed by atoms with Gasteiger partial charge in [0, 0.05) is 0 Å². The van der Waals surface area contributed by atoms with Crippen LogP contribution in [0.4, 0.5) is 0 Å². The van der Waals surface area contributed by atoms with Crippen molar-refractivity contribution in [2.45, 2.75) is 65.4 Å². The van der Waals surface area contributed by atoms with Crippen LogP contribution in [0.2, 0.25) is 13.1 Å². The number of nitrogens with zero attached hydrogens (tertiary/aromatic N) is 2. The number of β-lactam (4-membered cyclic amide) rings is 1. The highest BCUT2D eigenvalue weighted by molar-refractivity contribution is 7.18. The van der Waals surface area contributed by atoms with Crippen LogP contribution in [0.3, 0.4) is 0 Å². The van der Waals surface area contributed by atoms with E-state index in [2.05, 4.69) is 40.4 Å². The number of methoxy groups -OCH3 is 1. The average molecular weight is 474 g/mol. The van der Waals surface area contributed by atoms with E-state index in [1.54, 1.807) is 23.2 Å². The van der Waals surface area contributed by atoms with E-state index < -0.39 is 38.6 Å². The number of para-hydroxylation sites is 1. The summed E-state index contributed by atoms with van der Waals surface area (Å²) in [6.07, 6.45) is 0. The third-order valence-electron chi connectivity index (χ3n) is 6.37. The van der Waals surface area contributed by atoms with Crippen molar-refractivity contribution in [1.82, 2.24) is 9.88 Å². The molecule has 1 radical (unpaired) electrons. The summed E-state index contributed by atoms with van der Waals surface area (Å²) in [6, 6.07) is 6.63. The Morgan fingerprint density at radius 2 is 1.88 bits per heavy atom. The molecule has 0 saturated carbocycles. The molecule has 173 valence electrons. The number of thiazole rings is 1. The molecule has 2 heterocycles. The molecule has 1 aliphatic rings. The molecule has 3 unspecified atom stereocenters. The molecule has 1 amide bonds. The number of esters is 1.